The highest BCUT2D eigenvalue weighted by Gasteiger charge is 2.09. The van der Waals surface area contributed by atoms with Crippen molar-refractivity contribution in [3.63, 3.8) is 0 Å². The zero-order valence-electron chi connectivity index (χ0n) is 17.8. The molecule has 0 radical (unpaired) electrons. The molecule has 4 amide bonds. The number of hydrogen-bond acceptors (Lipinski definition) is 4. The molecule has 0 heterocycles. The first kappa shape index (κ1) is 23.6. The van der Waals surface area contributed by atoms with E-state index in [4.69, 9.17) is 0 Å². The molecule has 0 atom stereocenters. The van der Waals surface area contributed by atoms with Crippen molar-refractivity contribution >= 4 is 46.4 Å². The molecular weight excluding hydrogens is 396 g/mol. The number of benzene rings is 2. The first-order valence-corrected chi connectivity index (χ1v) is 10.2. The lowest BCUT2D eigenvalue weighted by molar-refractivity contribution is -0.116. The summed E-state index contributed by atoms with van der Waals surface area (Å²) < 4.78 is 0. The maximum Gasteiger partial charge on any atom is 0.224 e. The average molecular weight is 425 g/mol. The molecule has 164 valence electrons. The van der Waals surface area contributed by atoms with E-state index < -0.39 is 0 Å². The Labute approximate surface area is 181 Å². The predicted molar refractivity (Wildman–Crippen MR) is 122 cm³/mol. The number of para-hydroxylation sites is 4. The van der Waals surface area contributed by atoms with Crippen molar-refractivity contribution in [1.29, 1.82) is 0 Å². The molecule has 0 saturated carbocycles. The molecule has 8 heteroatoms. The van der Waals surface area contributed by atoms with Crippen molar-refractivity contribution in [2.75, 3.05) is 21.3 Å². The van der Waals surface area contributed by atoms with Crippen molar-refractivity contribution in [2.45, 2.75) is 46.0 Å². The van der Waals surface area contributed by atoms with E-state index in [9.17, 15) is 19.2 Å². The zero-order chi connectivity index (χ0) is 22.6. The monoisotopic (exact) mass is 424 g/mol. The molecule has 0 aliphatic carbocycles. The summed E-state index contributed by atoms with van der Waals surface area (Å²) in [5, 5.41) is 11.0. The van der Waals surface area contributed by atoms with Crippen LogP contribution in [0, 0.1) is 0 Å². The molecule has 4 N–H and O–H groups in total. The molecule has 0 bridgehead atoms. The van der Waals surface area contributed by atoms with E-state index in [0.29, 0.717) is 48.4 Å². The van der Waals surface area contributed by atoms with Crippen LogP contribution in [0.25, 0.3) is 0 Å². The maximum atomic E-state index is 12.2. The van der Waals surface area contributed by atoms with Gasteiger partial charge in [0.25, 0.3) is 0 Å². The minimum Gasteiger partial charge on any atom is -0.325 e. The van der Waals surface area contributed by atoms with Crippen LogP contribution in [-0.4, -0.2) is 23.6 Å². The lowest BCUT2D eigenvalue weighted by Crippen LogP contribution is -2.15. The summed E-state index contributed by atoms with van der Waals surface area (Å²) in [7, 11) is 0. The maximum absolute atomic E-state index is 12.2. The predicted octanol–water partition coefficient (Wildman–Crippen LogP) is 4.13. The SMILES string of the molecule is CC(=O)Nc1ccccc1NC(=O)CCCCCC(=O)Nc1ccccc1NC(C)=O. The van der Waals surface area contributed by atoms with Crippen molar-refractivity contribution in [2.24, 2.45) is 0 Å². The lowest BCUT2D eigenvalue weighted by atomic mass is 10.1. The summed E-state index contributed by atoms with van der Waals surface area (Å²) in [5.74, 6) is -0.711. The molecule has 0 unspecified atom stereocenters. The first-order chi connectivity index (χ1) is 14.8. The van der Waals surface area contributed by atoms with Gasteiger partial charge in [0.15, 0.2) is 0 Å². The van der Waals surface area contributed by atoms with Gasteiger partial charge in [-0.05, 0) is 37.1 Å². The first-order valence-electron chi connectivity index (χ1n) is 10.2. The summed E-state index contributed by atoms with van der Waals surface area (Å²) in [6, 6.07) is 14.0. The third-order valence-electron chi connectivity index (χ3n) is 4.33. The third-order valence-corrected chi connectivity index (χ3v) is 4.33. The van der Waals surface area contributed by atoms with Gasteiger partial charge in [-0.2, -0.15) is 0 Å². The van der Waals surface area contributed by atoms with Gasteiger partial charge in [0, 0.05) is 26.7 Å². The lowest BCUT2D eigenvalue weighted by Gasteiger charge is -2.12. The van der Waals surface area contributed by atoms with E-state index in [-0.39, 0.29) is 23.6 Å². The molecule has 0 aromatic heterocycles. The fourth-order valence-corrected chi connectivity index (χ4v) is 2.95. The largest absolute Gasteiger partial charge is 0.325 e. The fraction of sp³-hybridized carbons (Fsp3) is 0.304. The molecule has 0 aliphatic rings. The van der Waals surface area contributed by atoms with Crippen LogP contribution in [0.1, 0.15) is 46.0 Å². The zero-order valence-corrected chi connectivity index (χ0v) is 17.8. The Morgan fingerprint density at radius 3 is 1.19 bits per heavy atom. The van der Waals surface area contributed by atoms with Crippen molar-refractivity contribution < 1.29 is 19.2 Å². The molecule has 2 rings (SSSR count). The molecule has 31 heavy (non-hydrogen) atoms. The number of carbonyl (C=O) groups is 4. The van der Waals surface area contributed by atoms with Gasteiger partial charge in [-0.15, -0.1) is 0 Å². The van der Waals surface area contributed by atoms with Gasteiger partial charge in [-0.3, -0.25) is 19.2 Å². The minimum absolute atomic E-state index is 0.147. The van der Waals surface area contributed by atoms with Crippen LogP contribution < -0.4 is 21.3 Å². The highest BCUT2D eigenvalue weighted by atomic mass is 16.2. The number of rotatable bonds is 10. The number of anilines is 4. The Bertz CT molecular complexity index is 867. The quantitative estimate of drug-likeness (QED) is 0.429. The Morgan fingerprint density at radius 1 is 0.548 bits per heavy atom. The van der Waals surface area contributed by atoms with E-state index in [1.807, 2.05) is 0 Å². The molecule has 2 aromatic rings. The van der Waals surface area contributed by atoms with Crippen LogP contribution in [0.4, 0.5) is 22.7 Å². The number of nitrogens with one attached hydrogen (secondary N) is 4. The van der Waals surface area contributed by atoms with Crippen LogP contribution in [-0.2, 0) is 19.2 Å². The normalized spacial score (nSPS) is 10.1. The van der Waals surface area contributed by atoms with Gasteiger partial charge in [0.1, 0.15) is 0 Å². The number of hydrogen-bond donors (Lipinski definition) is 4. The number of carbonyl (C=O) groups excluding carboxylic acids is 4. The van der Waals surface area contributed by atoms with E-state index in [1.54, 1.807) is 48.5 Å². The molecule has 0 aliphatic heterocycles. The van der Waals surface area contributed by atoms with E-state index in [0.717, 1.165) is 6.42 Å². The smallest absolute Gasteiger partial charge is 0.224 e. The minimum atomic E-state index is -0.209. The topological polar surface area (TPSA) is 116 Å². The summed E-state index contributed by atoms with van der Waals surface area (Å²) >= 11 is 0. The van der Waals surface area contributed by atoms with Gasteiger partial charge < -0.3 is 21.3 Å². The van der Waals surface area contributed by atoms with Crippen molar-refractivity contribution in [3.8, 4) is 0 Å². The summed E-state index contributed by atoms with van der Waals surface area (Å²) in [6.07, 6.45) is 2.65. The summed E-state index contributed by atoms with van der Waals surface area (Å²) in [5.41, 5.74) is 2.22. The second kappa shape index (κ2) is 12.1. The van der Waals surface area contributed by atoms with Crippen LogP contribution in [0.3, 0.4) is 0 Å². The molecule has 0 saturated heterocycles. The number of amides is 4. The Balaban J connectivity index is 1.71. The van der Waals surface area contributed by atoms with E-state index >= 15 is 0 Å². The van der Waals surface area contributed by atoms with Gasteiger partial charge in [-0.1, -0.05) is 30.7 Å². The van der Waals surface area contributed by atoms with Crippen LogP contribution >= 0.6 is 0 Å². The summed E-state index contributed by atoms with van der Waals surface area (Å²) in [6.45, 7) is 2.82. The highest BCUT2D eigenvalue weighted by molar-refractivity contribution is 5.99. The van der Waals surface area contributed by atoms with Gasteiger partial charge >= 0.3 is 0 Å². The Morgan fingerprint density at radius 2 is 0.871 bits per heavy atom. The summed E-state index contributed by atoms with van der Waals surface area (Å²) in [4.78, 5) is 46.9. The molecule has 0 spiro atoms. The van der Waals surface area contributed by atoms with Crippen LogP contribution in [0.15, 0.2) is 48.5 Å². The second-order valence-corrected chi connectivity index (χ2v) is 7.11. The van der Waals surface area contributed by atoms with Gasteiger partial charge in [0.2, 0.25) is 23.6 Å². The molecule has 0 fully saturated rings. The standard InChI is InChI=1S/C23H28N4O4/c1-16(28)24-18-10-6-8-12-20(18)26-22(30)14-4-3-5-15-23(31)27-21-13-9-7-11-19(21)25-17(2)29/h6-13H,3-5,14-15H2,1-2H3,(H,24,28)(H,25,29)(H,26,30)(H,27,31). The van der Waals surface area contributed by atoms with E-state index in [1.165, 1.54) is 13.8 Å². The molecular formula is C23H28N4O4. The Hall–Kier alpha value is -3.68. The third kappa shape index (κ3) is 8.69. The van der Waals surface area contributed by atoms with Crippen molar-refractivity contribution in [1.82, 2.24) is 0 Å². The molecule has 2 aromatic carbocycles. The van der Waals surface area contributed by atoms with Crippen LogP contribution in [0.5, 0.6) is 0 Å². The second-order valence-electron chi connectivity index (χ2n) is 7.11. The number of unbranched alkanes of at least 4 members (excludes halogenated alkanes) is 2. The van der Waals surface area contributed by atoms with Crippen LogP contribution in [0.2, 0.25) is 0 Å². The highest BCUT2D eigenvalue weighted by Crippen LogP contribution is 2.22. The van der Waals surface area contributed by atoms with Crippen molar-refractivity contribution in [3.05, 3.63) is 48.5 Å². The fourth-order valence-electron chi connectivity index (χ4n) is 2.95. The van der Waals surface area contributed by atoms with Gasteiger partial charge in [-0.25, -0.2) is 0 Å². The van der Waals surface area contributed by atoms with Gasteiger partial charge in [0.05, 0.1) is 22.7 Å². The van der Waals surface area contributed by atoms with E-state index in [2.05, 4.69) is 21.3 Å². The Kier molecular flexibility index (Phi) is 9.22. The molecule has 8 nitrogen and oxygen atoms in total. The average Bonchev–Trinajstić information content (AvgIpc) is 2.70.